The first-order valence-corrected chi connectivity index (χ1v) is 8.86. The van der Waals surface area contributed by atoms with Gasteiger partial charge >= 0.3 is 6.03 Å². The Labute approximate surface area is 170 Å². The van der Waals surface area contributed by atoms with Crippen LogP contribution in [0, 0.1) is 5.92 Å². The van der Waals surface area contributed by atoms with E-state index in [9.17, 15) is 9.59 Å². The van der Waals surface area contributed by atoms with Crippen molar-refractivity contribution in [2.24, 2.45) is 10.9 Å². The molecule has 7 nitrogen and oxygen atoms in total. The topological polar surface area (TPSA) is 85.8 Å². The molecule has 1 saturated heterocycles. The van der Waals surface area contributed by atoms with E-state index < -0.39 is 5.54 Å². The highest BCUT2D eigenvalue weighted by molar-refractivity contribution is 14.0. The molecule has 2 heterocycles. The fourth-order valence-corrected chi connectivity index (χ4v) is 3.43. The standard InChI is InChI=1S/C18H23N5O2.HI/c1-18(13-5-6-13)15(24)23(17(25)22-18)14-7-3-12(4-8-14)11-21-16-19-9-2-10-20-16;/h3-4,7-8,13H,2,5-6,9-11H2,1H3,(H,22,25)(H2,19,20,21);1H. The highest BCUT2D eigenvalue weighted by atomic mass is 127. The number of hydrogen-bond donors (Lipinski definition) is 3. The molecular weight excluding hydrogens is 445 g/mol. The first kappa shape index (κ1) is 18.9. The summed E-state index contributed by atoms with van der Waals surface area (Å²) in [5.74, 6) is 0.942. The summed E-state index contributed by atoms with van der Waals surface area (Å²) in [6, 6.07) is 7.18. The molecule has 0 spiro atoms. The number of guanidine groups is 1. The van der Waals surface area contributed by atoms with Crippen LogP contribution >= 0.6 is 24.0 Å². The highest BCUT2D eigenvalue weighted by Gasteiger charge is 2.56. The van der Waals surface area contributed by atoms with Crippen LogP contribution in [0.5, 0.6) is 0 Å². The van der Waals surface area contributed by atoms with Gasteiger partial charge in [0.1, 0.15) is 5.54 Å². The molecule has 0 aromatic heterocycles. The van der Waals surface area contributed by atoms with E-state index in [1.165, 1.54) is 4.90 Å². The van der Waals surface area contributed by atoms with Crippen LogP contribution in [0.2, 0.25) is 0 Å². The molecule has 1 aromatic carbocycles. The molecule has 3 aliphatic rings. The smallest absolute Gasteiger partial charge is 0.329 e. The second-order valence-corrected chi connectivity index (χ2v) is 7.08. The Morgan fingerprint density at radius 3 is 2.62 bits per heavy atom. The van der Waals surface area contributed by atoms with E-state index in [-0.39, 0.29) is 41.8 Å². The summed E-state index contributed by atoms with van der Waals surface area (Å²) in [6.45, 7) is 4.27. The van der Waals surface area contributed by atoms with Crippen molar-refractivity contribution in [1.29, 1.82) is 0 Å². The maximum atomic E-state index is 12.7. The van der Waals surface area contributed by atoms with Crippen molar-refractivity contribution in [2.45, 2.75) is 38.3 Å². The number of anilines is 1. The minimum absolute atomic E-state index is 0. The zero-order valence-electron chi connectivity index (χ0n) is 14.7. The number of urea groups is 1. The van der Waals surface area contributed by atoms with E-state index in [0.29, 0.717) is 12.2 Å². The van der Waals surface area contributed by atoms with Gasteiger partial charge in [-0.2, -0.15) is 0 Å². The van der Waals surface area contributed by atoms with Crippen molar-refractivity contribution in [3.63, 3.8) is 0 Å². The summed E-state index contributed by atoms with van der Waals surface area (Å²) in [4.78, 5) is 30.7. The molecule has 26 heavy (non-hydrogen) atoms. The van der Waals surface area contributed by atoms with Gasteiger partial charge in [-0.3, -0.25) is 9.79 Å². The highest BCUT2D eigenvalue weighted by Crippen LogP contribution is 2.43. The molecule has 0 radical (unpaired) electrons. The van der Waals surface area contributed by atoms with Gasteiger partial charge in [0.25, 0.3) is 5.91 Å². The van der Waals surface area contributed by atoms with E-state index in [1.807, 2.05) is 31.2 Å². The molecule has 1 saturated carbocycles. The lowest BCUT2D eigenvalue weighted by molar-refractivity contribution is -0.122. The van der Waals surface area contributed by atoms with Gasteiger partial charge < -0.3 is 16.0 Å². The third kappa shape index (κ3) is 3.51. The Hall–Kier alpha value is -1.84. The van der Waals surface area contributed by atoms with E-state index in [4.69, 9.17) is 0 Å². The van der Waals surface area contributed by atoms with E-state index >= 15 is 0 Å². The summed E-state index contributed by atoms with van der Waals surface area (Å²) in [5.41, 5.74) is 0.932. The third-order valence-corrected chi connectivity index (χ3v) is 5.16. The van der Waals surface area contributed by atoms with Crippen molar-refractivity contribution < 1.29 is 9.59 Å². The average Bonchev–Trinajstić information content (AvgIpc) is 3.44. The predicted octanol–water partition coefficient (Wildman–Crippen LogP) is 1.97. The number of amides is 3. The van der Waals surface area contributed by atoms with Gasteiger partial charge in [0.05, 0.1) is 5.69 Å². The molecule has 1 atom stereocenters. The van der Waals surface area contributed by atoms with E-state index in [1.54, 1.807) is 0 Å². The van der Waals surface area contributed by atoms with Crippen LogP contribution in [-0.2, 0) is 11.3 Å². The number of rotatable bonds is 4. The van der Waals surface area contributed by atoms with Crippen LogP contribution in [0.1, 0.15) is 31.7 Å². The van der Waals surface area contributed by atoms with Gasteiger partial charge in [-0.25, -0.2) is 9.69 Å². The van der Waals surface area contributed by atoms with Crippen LogP contribution in [0.25, 0.3) is 0 Å². The summed E-state index contributed by atoms with van der Waals surface area (Å²) in [5, 5.41) is 9.35. The number of carbonyl (C=O) groups is 2. The quantitative estimate of drug-likeness (QED) is 0.465. The number of nitrogens with one attached hydrogen (secondary N) is 3. The second-order valence-electron chi connectivity index (χ2n) is 7.08. The minimum atomic E-state index is -0.748. The number of aliphatic imine (C=N–C) groups is 1. The summed E-state index contributed by atoms with van der Waals surface area (Å²) in [6.07, 6.45) is 3.06. The van der Waals surface area contributed by atoms with Gasteiger partial charge in [-0.05, 0) is 49.8 Å². The molecule has 2 aliphatic heterocycles. The second kappa shape index (κ2) is 7.42. The van der Waals surface area contributed by atoms with Crippen molar-refractivity contribution in [3.05, 3.63) is 29.8 Å². The third-order valence-electron chi connectivity index (χ3n) is 5.16. The van der Waals surface area contributed by atoms with E-state index in [2.05, 4.69) is 20.9 Å². The van der Waals surface area contributed by atoms with E-state index in [0.717, 1.165) is 43.9 Å². The SMILES string of the molecule is CC1(C2CC2)NC(=O)N(c2ccc(CNC3=NCCCN3)cc2)C1=O.I. The Morgan fingerprint density at radius 1 is 1.27 bits per heavy atom. The normalized spacial score (nSPS) is 25.1. The van der Waals surface area contributed by atoms with Gasteiger partial charge in [0.2, 0.25) is 0 Å². The Kier molecular flexibility index (Phi) is 5.40. The zero-order chi connectivity index (χ0) is 17.4. The average molecular weight is 469 g/mol. The lowest BCUT2D eigenvalue weighted by atomic mass is 9.96. The van der Waals surface area contributed by atoms with Crippen molar-refractivity contribution in [1.82, 2.24) is 16.0 Å². The van der Waals surface area contributed by atoms with Gasteiger partial charge in [-0.1, -0.05) is 12.1 Å². The van der Waals surface area contributed by atoms with Crippen molar-refractivity contribution in [3.8, 4) is 0 Å². The van der Waals surface area contributed by atoms with Gasteiger partial charge in [0.15, 0.2) is 5.96 Å². The summed E-state index contributed by atoms with van der Waals surface area (Å²) in [7, 11) is 0. The molecule has 2 fully saturated rings. The van der Waals surface area contributed by atoms with Crippen LogP contribution in [-0.4, -0.2) is 36.5 Å². The van der Waals surface area contributed by atoms with Crippen LogP contribution in [0.3, 0.4) is 0 Å². The van der Waals surface area contributed by atoms with Crippen molar-refractivity contribution in [2.75, 3.05) is 18.0 Å². The Bertz CT molecular complexity index is 732. The maximum absolute atomic E-state index is 12.7. The number of nitrogens with zero attached hydrogens (tertiary/aromatic N) is 2. The number of hydrogen-bond acceptors (Lipinski definition) is 5. The molecule has 8 heteroatoms. The Morgan fingerprint density at radius 2 is 2.00 bits per heavy atom. The minimum Gasteiger partial charge on any atom is -0.356 e. The first-order chi connectivity index (χ1) is 12.1. The van der Waals surface area contributed by atoms with Crippen LogP contribution in [0.15, 0.2) is 29.3 Å². The fraction of sp³-hybridized carbons (Fsp3) is 0.500. The number of benzene rings is 1. The van der Waals surface area contributed by atoms with Gasteiger partial charge in [0, 0.05) is 19.6 Å². The maximum Gasteiger partial charge on any atom is 0.329 e. The molecule has 3 N–H and O–H groups in total. The first-order valence-electron chi connectivity index (χ1n) is 8.86. The monoisotopic (exact) mass is 469 g/mol. The molecule has 140 valence electrons. The lowest BCUT2D eigenvalue weighted by Gasteiger charge is -2.21. The lowest BCUT2D eigenvalue weighted by Crippen LogP contribution is -2.46. The number of carbonyl (C=O) groups excluding carboxylic acids is 2. The van der Waals surface area contributed by atoms with Crippen LogP contribution in [0.4, 0.5) is 10.5 Å². The van der Waals surface area contributed by atoms with Crippen molar-refractivity contribution >= 4 is 47.6 Å². The summed E-state index contributed by atoms with van der Waals surface area (Å²) >= 11 is 0. The molecule has 1 aromatic rings. The molecule has 4 rings (SSSR count). The molecular formula is C18H24IN5O2. The zero-order valence-corrected chi connectivity index (χ0v) is 17.1. The number of imide groups is 1. The molecule has 3 amide bonds. The molecule has 1 aliphatic carbocycles. The van der Waals surface area contributed by atoms with Gasteiger partial charge in [-0.15, -0.1) is 24.0 Å². The molecule has 1 unspecified atom stereocenters. The summed E-state index contributed by atoms with van der Waals surface area (Å²) < 4.78 is 0. The largest absolute Gasteiger partial charge is 0.356 e. The molecule has 0 bridgehead atoms. The van der Waals surface area contributed by atoms with Crippen LogP contribution < -0.4 is 20.9 Å². The number of halogens is 1. The fourth-order valence-electron chi connectivity index (χ4n) is 3.43. The predicted molar refractivity (Wildman–Crippen MR) is 111 cm³/mol. The Balaban J connectivity index is 0.00000196.